The van der Waals surface area contributed by atoms with Gasteiger partial charge in [-0.05, 0) is 42.3 Å². The standard InChI is InChI=1S/C17H20BrNO/c1-3-19-17(12-14-6-4-5-7-16(14)18)13-8-10-15(20-2)11-9-13/h4-11,17,19H,3,12H2,1-2H3. The Morgan fingerprint density at radius 2 is 1.80 bits per heavy atom. The molecule has 0 spiro atoms. The minimum absolute atomic E-state index is 0.310. The molecule has 2 aromatic carbocycles. The molecule has 0 heterocycles. The van der Waals surface area contributed by atoms with E-state index in [9.17, 15) is 0 Å². The van der Waals surface area contributed by atoms with Crippen LogP contribution >= 0.6 is 15.9 Å². The zero-order valence-electron chi connectivity index (χ0n) is 11.9. The van der Waals surface area contributed by atoms with E-state index in [1.54, 1.807) is 7.11 Å². The van der Waals surface area contributed by atoms with Crippen LogP contribution < -0.4 is 10.1 Å². The topological polar surface area (TPSA) is 21.3 Å². The van der Waals surface area contributed by atoms with Crippen LogP contribution in [0.1, 0.15) is 24.1 Å². The summed E-state index contributed by atoms with van der Waals surface area (Å²) in [7, 11) is 1.69. The molecule has 2 nitrogen and oxygen atoms in total. The van der Waals surface area contributed by atoms with Crippen molar-refractivity contribution in [3.63, 3.8) is 0 Å². The van der Waals surface area contributed by atoms with E-state index >= 15 is 0 Å². The van der Waals surface area contributed by atoms with Crippen LogP contribution in [-0.4, -0.2) is 13.7 Å². The monoisotopic (exact) mass is 333 g/mol. The van der Waals surface area contributed by atoms with Crippen LogP contribution in [-0.2, 0) is 6.42 Å². The van der Waals surface area contributed by atoms with E-state index in [4.69, 9.17) is 4.74 Å². The summed E-state index contributed by atoms with van der Waals surface area (Å²) < 4.78 is 6.38. The molecule has 0 aliphatic carbocycles. The lowest BCUT2D eigenvalue weighted by Crippen LogP contribution is -2.23. The summed E-state index contributed by atoms with van der Waals surface area (Å²) in [5.74, 6) is 0.893. The third kappa shape index (κ3) is 3.84. The van der Waals surface area contributed by atoms with Gasteiger partial charge in [-0.15, -0.1) is 0 Å². The number of likely N-dealkylation sites (N-methyl/N-ethyl adjacent to an activating group) is 1. The number of rotatable bonds is 6. The Hall–Kier alpha value is -1.32. The van der Waals surface area contributed by atoms with Crippen LogP contribution in [0.3, 0.4) is 0 Å². The van der Waals surface area contributed by atoms with Gasteiger partial charge in [-0.25, -0.2) is 0 Å². The Morgan fingerprint density at radius 1 is 1.10 bits per heavy atom. The van der Waals surface area contributed by atoms with Gasteiger partial charge in [0.25, 0.3) is 0 Å². The van der Waals surface area contributed by atoms with Crippen LogP contribution in [0.2, 0.25) is 0 Å². The quantitative estimate of drug-likeness (QED) is 0.848. The second-order valence-electron chi connectivity index (χ2n) is 4.68. The average molecular weight is 334 g/mol. The first-order chi connectivity index (χ1) is 9.74. The van der Waals surface area contributed by atoms with E-state index in [1.165, 1.54) is 11.1 Å². The zero-order valence-corrected chi connectivity index (χ0v) is 13.5. The molecule has 20 heavy (non-hydrogen) atoms. The molecule has 0 aliphatic rings. The number of ether oxygens (including phenoxy) is 1. The smallest absolute Gasteiger partial charge is 0.118 e. The summed E-state index contributed by atoms with van der Waals surface area (Å²) in [5.41, 5.74) is 2.60. The van der Waals surface area contributed by atoms with E-state index in [0.29, 0.717) is 6.04 Å². The Kier molecular flexibility index (Phi) is 5.62. The first-order valence-electron chi connectivity index (χ1n) is 6.85. The van der Waals surface area contributed by atoms with Gasteiger partial charge < -0.3 is 10.1 Å². The number of halogens is 1. The van der Waals surface area contributed by atoms with Crippen LogP contribution in [0.4, 0.5) is 0 Å². The van der Waals surface area contributed by atoms with Crippen LogP contribution in [0.25, 0.3) is 0 Å². The predicted molar refractivity (Wildman–Crippen MR) is 87.3 cm³/mol. The molecule has 2 rings (SSSR count). The first kappa shape index (κ1) is 15.1. The lowest BCUT2D eigenvalue weighted by atomic mass is 9.99. The van der Waals surface area contributed by atoms with Crippen molar-refractivity contribution < 1.29 is 4.74 Å². The largest absolute Gasteiger partial charge is 0.497 e. The Morgan fingerprint density at radius 3 is 2.40 bits per heavy atom. The lowest BCUT2D eigenvalue weighted by molar-refractivity contribution is 0.414. The molecule has 3 heteroatoms. The molecule has 0 bridgehead atoms. The fraction of sp³-hybridized carbons (Fsp3) is 0.294. The normalized spacial score (nSPS) is 12.2. The highest BCUT2D eigenvalue weighted by molar-refractivity contribution is 9.10. The van der Waals surface area contributed by atoms with Crippen molar-refractivity contribution >= 4 is 15.9 Å². The minimum atomic E-state index is 0.310. The van der Waals surface area contributed by atoms with Gasteiger partial charge in [0.2, 0.25) is 0 Å². The van der Waals surface area contributed by atoms with Gasteiger partial charge in [-0.1, -0.05) is 53.2 Å². The molecule has 0 radical (unpaired) electrons. The van der Waals surface area contributed by atoms with Gasteiger partial charge in [-0.2, -0.15) is 0 Å². The molecule has 0 amide bonds. The van der Waals surface area contributed by atoms with Gasteiger partial charge in [0.1, 0.15) is 5.75 Å². The number of benzene rings is 2. The maximum atomic E-state index is 5.22. The summed E-state index contributed by atoms with van der Waals surface area (Å²) >= 11 is 3.62. The number of hydrogen-bond acceptors (Lipinski definition) is 2. The van der Waals surface area contributed by atoms with E-state index in [1.807, 2.05) is 18.2 Å². The molecule has 0 aliphatic heterocycles. The Labute approximate surface area is 129 Å². The maximum Gasteiger partial charge on any atom is 0.118 e. The molecule has 2 aromatic rings. The summed E-state index contributed by atoms with van der Waals surface area (Å²) in [6.45, 7) is 3.08. The number of methoxy groups -OCH3 is 1. The van der Waals surface area contributed by atoms with E-state index in [0.717, 1.165) is 23.2 Å². The number of hydrogen-bond donors (Lipinski definition) is 1. The van der Waals surface area contributed by atoms with Crippen molar-refractivity contribution in [2.45, 2.75) is 19.4 Å². The first-order valence-corrected chi connectivity index (χ1v) is 7.64. The second-order valence-corrected chi connectivity index (χ2v) is 5.53. The predicted octanol–water partition coefficient (Wildman–Crippen LogP) is 4.35. The Bertz CT molecular complexity index is 539. The van der Waals surface area contributed by atoms with Crippen molar-refractivity contribution in [3.05, 3.63) is 64.1 Å². The van der Waals surface area contributed by atoms with Gasteiger partial charge in [0, 0.05) is 10.5 Å². The molecule has 1 atom stereocenters. The van der Waals surface area contributed by atoms with Gasteiger partial charge in [-0.3, -0.25) is 0 Å². The van der Waals surface area contributed by atoms with E-state index in [-0.39, 0.29) is 0 Å². The van der Waals surface area contributed by atoms with Gasteiger partial charge in [0.15, 0.2) is 0 Å². The van der Waals surface area contributed by atoms with Crippen molar-refractivity contribution in [1.29, 1.82) is 0 Å². The van der Waals surface area contributed by atoms with E-state index in [2.05, 4.69) is 58.5 Å². The van der Waals surface area contributed by atoms with Gasteiger partial charge in [0.05, 0.1) is 7.11 Å². The molecule has 0 saturated heterocycles. The fourth-order valence-corrected chi connectivity index (χ4v) is 2.72. The molecular weight excluding hydrogens is 314 g/mol. The van der Waals surface area contributed by atoms with Crippen molar-refractivity contribution in [3.8, 4) is 5.75 Å². The fourth-order valence-electron chi connectivity index (χ4n) is 2.27. The highest BCUT2D eigenvalue weighted by atomic mass is 79.9. The van der Waals surface area contributed by atoms with Crippen LogP contribution in [0.15, 0.2) is 53.0 Å². The third-order valence-electron chi connectivity index (χ3n) is 3.35. The molecule has 0 aromatic heterocycles. The SMILES string of the molecule is CCNC(Cc1ccccc1Br)c1ccc(OC)cc1. The highest BCUT2D eigenvalue weighted by Crippen LogP contribution is 2.25. The Balaban J connectivity index is 2.19. The lowest BCUT2D eigenvalue weighted by Gasteiger charge is -2.19. The molecule has 106 valence electrons. The summed E-state index contributed by atoms with van der Waals surface area (Å²) in [5, 5.41) is 3.55. The second kappa shape index (κ2) is 7.46. The third-order valence-corrected chi connectivity index (χ3v) is 4.12. The van der Waals surface area contributed by atoms with E-state index < -0.39 is 0 Å². The molecule has 0 saturated carbocycles. The van der Waals surface area contributed by atoms with Crippen molar-refractivity contribution in [2.75, 3.05) is 13.7 Å². The van der Waals surface area contributed by atoms with Crippen LogP contribution in [0, 0.1) is 0 Å². The minimum Gasteiger partial charge on any atom is -0.497 e. The summed E-state index contributed by atoms with van der Waals surface area (Å²) in [6.07, 6.45) is 0.960. The summed E-state index contributed by atoms with van der Waals surface area (Å²) in [4.78, 5) is 0. The van der Waals surface area contributed by atoms with Crippen LogP contribution in [0.5, 0.6) is 5.75 Å². The zero-order chi connectivity index (χ0) is 14.4. The van der Waals surface area contributed by atoms with Crippen molar-refractivity contribution in [2.24, 2.45) is 0 Å². The summed E-state index contributed by atoms with van der Waals surface area (Å²) in [6, 6.07) is 17.0. The van der Waals surface area contributed by atoms with Gasteiger partial charge >= 0.3 is 0 Å². The molecule has 1 N–H and O–H groups in total. The molecule has 1 unspecified atom stereocenters. The molecule has 0 fully saturated rings. The maximum absolute atomic E-state index is 5.22. The molecular formula is C17H20BrNO. The number of nitrogens with one attached hydrogen (secondary N) is 1. The van der Waals surface area contributed by atoms with Crippen molar-refractivity contribution in [1.82, 2.24) is 5.32 Å². The average Bonchev–Trinajstić information content (AvgIpc) is 2.49. The highest BCUT2D eigenvalue weighted by Gasteiger charge is 2.12.